The smallest absolute Gasteiger partial charge is 0.239 e. The predicted molar refractivity (Wildman–Crippen MR) is 112 cm³/mol. The van der Waals surface area contributed by atoms with Crippen LogP contribution >= 0.6 is 11.6 Å². The minimum Gasteiger partial charge on any atom is -0.361 e. The highest BCUT2D eigenvalue weighted by molar-refractivity contribution is 6.31. The summed E-state index contributed by atoms with van der Waals surface area (Å²) in [6.45, 7) is 3.03. The third-order valence-corrected chi connectivity index (χ3v) is 5.59. The van der Waals surface area contributed by atoms with Gasteiger partial charge < -0.3 is 15.2 Å². The molecule has 28 heavy (non-hydrogen) atoms. The zero-order chi connectivity index (χ0) is 19.7. The Morgan fingerprint density at radius 1 is 1.29 bits per heavy atom. The zero-order valence-electron chi connectivity index (χ0n) is 15.7. The number of hydrogen-bond donors (Lipinski definition) is 2. The lowest BCUT2D eigenvalue weighted by molar-refractivity contribution is -0.132. The molecule has 2 N–H and O–H groups in total. The summed E-state index contributed by atoms with van der Waals surface area (Å²) < 4.78 is 0. The van der Waals surface area contributed by atoms with Crippen molar-refractivity contribution in [2.75, 3.05) is 18.0 Å². The van der Waals surface area contributed by atoms with Crippen LogP contribution in [0.25, 0.3) is 10.9 Å². The Balaban J connectivity index is 1.37. The molecule has 1 atom stereocenters. The van der Waals surface area contributed by atoms with Gasteiger partial charge in [-0.1, -0.05) is 29.8 Å². The van der Waals surface area contributed by atoms with Gasteiger partial charge in [-0.15, -0.1) is 0 Å². The highest BCUT2D eigenvalue weighted by atomic mass is 35.5. The Morgan fingerprint density at radius 2 is 2.11 bits per heavy atom. The fraction of sp³-hybridized carbons (Fsp3) is 0.273. The van der Waals surface area contributed by atoms with E-state index in [1.165, 1.54) is 0 Å². The lowest BCUT2D eigenvalue weighted by atomic mass is 10.1. The molecule has 5 nitrogen and oxygen atoms in total. The molecule has 0 radical (unpaired) electrons. The molecule has 1 saturated heterocycles. The maximum Gasteiger partial charge on any atom is 0.239 e. The summed E-state index contributed by atoms with van der Waals surface area (Å²) in [4.78, 5) is 30.3. The molecule has 4 rings (SSSR count). The predicted octanol–water partition coefficient (Wildman–Crippen LogP) is 3.84. The standard InChI is InChI=1S/C22H22ClN3O2/c1-14-4-2-3-5-20(14)26-11-9-17(22(26)28)21(27)24-10-8-15-13-25-19-7-6-16(23)12-18(15)19/h2-7,12-13,17,25H,8-11H2,1H3,(H,24,27). The number of halogens is 1. The van der Waals surface area contributed by atoms with Crippen LogP contribution in [0.15, 0.2) is 48.7 Å². The molecule has 1 fully saturated rings. The minimum atomic E-state index is -0.614. The van der Waals surface area contributed by atoms with Crippen molar-refractivity contribution in [3.63, 3.8) is 0 Å². The molecule has 0 spiro atoms. The van der Waals surface area contributed by atoms with Gasteiger partial charge in [0.1, 0.15) is 5.92 Å². The SMILES string of the molecule is Cc1ccccc1N1CCC(C(=O)NCCc2c[nH]c3ccc(Cl)cc23)C1=O. The van der Waals surface area contributed by atoms with Crippen LogP contribution in [0.4, 0.5) is 5.69 Å². The zero-order valence-corrected chi connectivity index (χ0v) is 16.4. The van der Waals surface area contributed by atoms with E-state index in [1.54, 1.807) is 4.90 Å². The molecule has 1 aromatic heterocycles. The second-order valence-corrected chi connectivity index (χ2v) is 7.60. The molecule has 1 aliphatic heterocycles. The Labute approximate surface area is 168 Å². The van der Waals surface area contributed by atoms with Crippen LogP contribution in [0.5, 0.6) is 0 Å². The Bertz CT molecular complexity index is 1040. The van der Waals surface area contributed by atoms with Crippen molar-refractivity contribution in [2.45, 2.75) is 19.8 Å². The van der Waals surface area contributed by atoms with E-state index < -0.39 is 5.92 Å². The Hall–Kier alpha value is -2.79. The first-order valence-corrected chi connectivity index (χ1v) is 9.82. The Morgan fingerprint density at radius 3 is 2.93 bits per heavy atom. The van der Waals surface area contributed by atoms with E-state index in [9.17, 15) is 9.59 Å². The number of nitrogens with zero attached hydrogens (tertiary/aromatic N) is 1. The number of aromatic nitrogens is 1. The van der Waals surface area contributed by atoms with Crippen LogP contribution in [0.1, 0.15) is 17.5 Å². The molecule has 144 valence electrons. The van der Waals surface area contributed by atoms with Crippen LogP contribution in [-0.2, 0) is 16.0 Å². The van der Waals surface area contributed by atoms with Gasteiger partial charge in [-0.2, -0.15) is 0 Å². The van der Waals surface area contributed by atoms with Crippen molar-refractivity contribution in [1.82, 2.24) is 10.3 Å². The quantitative estimate of drug-likeness (QED) is 0.644. The summed E-state index contributed by atoms with van der Waals surface area (Å²) >= 11 is 6.08. The molecule has 6 heteroatoms. The van der Waals surface area contributed by atoms with Crippen LogP contribution in [-0.4, -0.2) is 29.9 Å². The number of carbonyl (C=O) groups is 2. The van der Waals surface area contributed by atoms with Gasteiger partial charge in [0.05, 0.1) is 0 Å². The van der Waals surface area contributed by atoms with Crippen molar-refractivity contribution in [2.24, 2.45) is 5.92 Å². The number of rotatable bonds is 5. The number of carbonyl (C=O) groups excluding carboxylic acids is 2. The number of hydrogen-bond acceptors (Lipinski definition) is 2. The van der Waals surface area contributed by atoms with Gasteiger partial charge in [0, 0.05) is 40.9 Å². The maximum absolute atomic E-state index is 12.7. The van der Waals surface area contributed by atoms with Crippen LogP contribution in [0.3, 0.4) is 0 Å². The normalized spacial score (nSPS) is 16.7. The van der Waals surface area contributed by atoms with Crippen LogP contribution in [0, 0.1) is 12.8 Å². The molecule has 2 aromatic carbocycles. The largest absolute Gasteiger partial charge is 0.361 e. The monoisotopic (exact) mass is 395 g/mol. The van der Waals surface area contributed by atoms with E-state index >= 15 is 0 Å². The van der Waals surface area contributed by atoms with Gasteiger partial charge in [0.15, 0.2) is 0 Å². The minimum absolute atomic E-state index is 0.120. The second-order valence-electron chi connectivity index (χ2n) is 7.16. The van der Waals surface area contributed by atoms with Gasteiger partial charge in [-0.25, -0.2) is 0 Å². The summed E-state index contributed by atoms with van der Waals surface area (Å²) in [5.74, 6) is -0.929. The third kappa shape index (κ3) is 3.50. The summed E-state index contributed by atoms with van der Waals surface area (Å²) in [5, 5.41) is 4.67. The third-order valence-electron chi connectivity index (χ3n) is 5.35. The Kier molecular flexibility index (Phi) is 5.09. The van der Waals surface area contributed by atoms with Crippen molar-refractivity contribution in [3.8, 4) is 0 Å². The van der Waals surface area contributed by atoms with Crippen LogP contribution < -0.4 is 10.2 Å². The summed E-state index contributed by atoms with van der Waals surface area (Å²) in [7, 11) is 0. The molecule has 0 bridgehead atoms. The van der Waals surface area contributed by atoms with Gasteiger partial charge in [-0.05, 0) is 55.2 Å². The maximum atomic E-state index is 12.7. The molecule has 2 amide bonds. The fourth-order valence-electron chi connectivity index (χ4n) is 3.83. The topological polar surface area (TPSA) is 65.2 Å². The fourth-order valence-corrected chi connectivity index (χ4v) is 4.00. The van der Waals surface area contributed by atoms with Gasteiger partial charge in [0.25, 0.3) is 0 Å². The molecule has 1 unspecified atom stereocenters. The van der Waals surface area contributed by atoms with Crippen molar-refractivity contribution in [1.29, 1.82) is 0 Å². The molecule has 0 saturated carbocycles. The van der Waals surface area contributed by atoms with Crippen LogP contribution in [0.2, 0.25) is 5.02 Å². The summed E-state index contributed by atoms with van der Waals surface area (Å²) in [6, 6.07) is 13.5. The number of aromatic amines is 1. The first-order valence-electron chi connectivity index (χ1n) is 9.45. The average Bonchev–Trinajstić information content (AvgIpc) is 3.25. The van der Waals surface area contributed by atoms with E-state index in [-0.39, 0.29) is 11.8 Å². The number of fused-ring (bicyclic) bond motifs is 1. The van der Waals surface area contributed by atoms with E-state index in [2.05, 4.69) is 10.3 Å². The number of para-hydroxylation sites is 1. The van der Waals surface area contributed by atoms with E-state index in [1.807, 2.05) is 55.6 Å². The van der Waals surface area contributed by atoms with Gasteiger partial charge in [0.2, 0.25) is 11.8 Å². The number of benzene rings is 2. The average molecular weight is 396 g/mol. The van der Waals surface area contributed by atoms with E-state index in [4.69, 9.17) is 11.6 Å². The second kappa shape index (κ2) is 7.68. The highest BCUT2D eigenvalue weighted by Crippen LogP contribution is 2.28. The lowest BCUT2D eigenvalue weighted by Crippen LogP contribution is -2.37. The van der Waals surface area contributed by atoms with E-state index in [0.717, 1.165) is 27.7 Å². The molecule has 1 aliphatic rings. The highest BCUT2D eigenvalue weighted by Gasteiger charge is 2.37. The summed E-state index contributed by atoms with van der Waals surface area (Å²) in [5.41, 5.74) is 4.04. The van der Waals surface area contributed by atoms with Crippen molar-refractivity contribution < 1.29 is 9.59 Å². The van der Waals surface area contributed by atoms with Crippen molar-refractivity contribution in [3.05, 3.63) is 64.8 Å². The molecule has 3 aromatic rings. The molecule has 0 aliphatic carbocycles. The summed E-state index contributed by atoms with van der Waals surface area (Å²) in [6.07, 6.45) is 3.16. The number of amides is 2. The molecule has 2 heterocycles. The van der Waals surface area contributed by atoms with Gasteiger partial charge >= 0.3 is 0 Å². The van der Waals surface area contributed by atoms with Gasteiger partial charge in [-0.3, -0.25) is 9.59 Å². The number of H-pyrrole nitrogens is 1. The molecular weight excluding hydrogens is 374 g/mol. The lowest BCUT2D eigenvalue weighted by Gasteiger charge is -2.19. The van der Waals surface area contributed by atoms with E-state index in [0.29, 0.717) is 31.0 Å². The number of anilines is 1. The molecular formula is C22H22ClN3O2. The first-order chi connectivity index (χ1) is 13.5. The number of nitrogens with one attached hydrogen (secondary N) is 2. The van der Waals surface area contributed by atoms with Crippen molar-refractivity contribution >= 4 is 40.0 Å². The number of aryl methyl sites for hydroxylation is 1. The first kappa shape index (κ1) is 18.6.